The van der Waals surface area contributed by atoms with Gasteiger partial charge in [-0.05, 0) is 19.4 Å². The van der Waals surface area contributed by atoms with E-state index in [2.05, 4.69) is 0 Å². The van der Waals surface area contributed by atoms with Gasteiger partial charge in [-0.15, -0.1) is 0 Å². The Balaban J connectivity index is 3.10. The Morgan fingerprint density at radius 2 is 2.24 bits per heavy atom. The Hall–Kier alpha value is -1.95. The number of hydrogen-bond donors (Lipinski definition) is 1. The van der Waals surface area contributed by atoms with Gasteiger partial charge in [0, 0.05) is 12.1 Å². The Bertz CT molecular complexity index is 443. The normalized spacial score (nSPS) is 13.8. The monoisotopic (exact) mass is 238 g/mol. The Morgan fingerprint density at radius 1 is 1.59 bits per heavy atom. The number of carbonyl (C=O) groups excluding carboxylic acids is 1. The molecule has 0 amide bonds. The molecular formula is C11H14N2O4. The number of ether oxygens (including phenoxy) is 1. The summed E-state index contributed by atoms with van der Waals surface area (Å²) in [7, 11) is 0. The molecule has 0 heterocycles. The van der Waals surface area contributed by atoms with Gasteiger partial charge >= 0.3 is 5.97 Å². The minimum atomic E-state index is -1.39. The first-order valence-corrected chi connectivity index (χ1v) is 5.10. The molecule has 0 fully saturated rings. The average Bonchev–Trinajstić information content (AvgIpc) is 2.29. The van der Waals surface area contributed by atoms with Gasteiger partial charge in [0.05, 0.1) is 11.5 Å². The van der Waals surface area contributed by atoms with E-state index in [1.165, 1.54) is 25.1 Å². The second kappa shape index (κ2) is 4.92. The van der Waals surface area contributed by atoms with Gasteiger partial charge < -0.3 is 10.5 Å². The van der Waals surface area contributed by atoms with E-state index in [0.717, 1.165) is 0 Å². The lowest BCUT2D eigenvalue weighted by molar-refractivity contribution is -0.384. The summed E-state index contributed by atoms with van der Waals surface area (Å²) >= 11 is 0. The van der Waals surface area contributed by atoms with Crippen molar-refractivity contribution in [2.24, 2.45) is 5.73 Å². The molecule has 1 aromatic carbocycles. The first-order valence-electron chi connectivity index (χ1n) is 5.10. The third-order valence-electron chi connectivity index (χ3n) is 2.36. The van der Waals surface area contributed by atoms with E-state index in [4.69, 9.17) is 10.5 Å². The number of nitrogens with zero attached hydrogens (tertiary/aromatic N) is 1. The quantitative estimate of drug-likeness (QED) is 0.485. The summed E-state index contributed by atoms with van der Waals surface area (Å²) in [5.74, 6) is -0.611. The maximum Gasteiger partial charge on any atom is 0.330 e. The second-order valence-electron chi connectivity index (χ2n) is 3.73. The molecule has 0 saturated heterocycles. The molecule has 2 N–H and O–H groups in total. The second-order valence-corrected chi connectivity index (χ2v) is 3.73. The third kappa shape index (κ3) is 2.79. The molecule has 0 aliphatic heterocycles. The Labute approximate surface area is 98.5 Å². The van der Waals surface area contributed by atoms with Crippen molar-refractivity contribution in [2.75, 3.05) is 6.61 Å². The summed E-state index contributed by atoms with van der Waals surface area (Å²) < 4.78 is 4.83. The lowest BCUT2D eigenvalue weighted by Crippen LogP contribution is -2.43. The highest BCUT2D eigenvalue weighted by Crippen LogP contribution is 2.23. The van der Waals surface area contributed by atoms with Crippen LogP contribution in [0.25, 0.3) is 0 Å². The zero-order valence-corrected chi connectivity index (χ0v) is 9.67. The molecule has 0 saturated carbocycles. The van der Waals surface area contributed by atoms with Crippen LogP contribution in [-0.4, -0.2) is 17.5 Å². The van der Waals surface area contributed by atoms with Crippen molar-refractivity contribution in [3.05, 3.63) is 39.9 Å². The standard InChI is InChI=1S/C11H14N2O4/c1-3-17-10(14)11(2,12)8-5-4-6-9(7-8)13(15)16/h4-7H,3,12H2,1-2H3. The number of nitro groups is 1. The predicted molar refractivity (Wildman–Crippen MR) is 61.3 cm³/mol. The molecule has 0 aliphatic rings. The van der Waals surface area contributed by atoms with Crippen molar-refractivity contribution in [3.8, 4) is 0 Å². The van der Waals surface area contributed by atoms with E-state index in [1.807, 2.05) is 0 Å². The van der Waals surface area contributed by atoms with Crippen LogP contribution in [0.1, 0.15) is 19.4 Å². The van der Waals surface area contributed by atoms with E-state index in [1.54, 1.807) is 13.0 Å². The molecule has 17 heavy (non-hydrogen) atoms. The summed E-state index contributed by atoms with van der Waals surface area (Å²) in [6.45, 7) is 3.34. The van der Waals surface area contributed by atoms with Crippen molar-refractivity contribution in [2.45, 2.75) is 19.4 Å². The number of esters is 1. The summed E-state index contributed by atoms with van der Waals surface area (Å²) in [6.07, 6.45) is 0. The molecule has 1 unspecified atom stereocenters. The van der Waals surface area contributed by atoms with Gasteiger partial charge in [-0.1, -0.05) is 12.1 Å². The van der Waals surface area contributed by atoms with E-state index < -0.39 is 16.4 Å². The minimum Gasteiger partial charge on any atom is -0.464 e. The predicted octanol–water partition coefficient (Wildman–Crippen LogP) is 1.33. The number of non-ortho nitro benzene ring substituents is 1. The largest absolute Gasteiger partial charge is 0.464 e. The number of carbonyl (C=O) groups is 1. The molecule has 6 nitrogen and oxygen atoms in total. The van der Waals surface area contributed by atoms with Gasteiger partial charge in [-0.2, -0.15) is 0 Å². The summed E-state index contributed by atoms with van der Waals surface area (Å²) in [4.78, 5) is 21.7. The smallest absolute Gasteiger partial charge is 0.330 e. The number of hydrogen-bond acceptors (Lipinski definition) is 5. The van der Waals surface area contributed by atoms with Crippen LogP contribution in [0.3, 0.4) is 0 Å². The highest BCUT2D eigenvalue weighted by molar-refractivity contribution is 5.82. The maximum absolute atomic E-state index is 11.6. The average molecular weight is 238 g/mol. The van der Waals surface area contributed by atoms with Crippen molar-refractivity contribution in [3.63, 3.8) is 0 Å². The molecule has 1 atom stereocenters. The highest BCUT2D eigenvalue weighted by Gasteiger charge is 2.33. The van der Waals surface area contributed by atoms with Gasteiger partial charge in [0.2, 0.25) is 0 Å². The lowest BCUT2D eigenvalue weighted by atomic mass is 9.93. The molecule has 0 radical (unpaired) electrons. The molecule has 0 aromatic heterocycles. The van der Waals surface area contributed by atoms with Crippen molar-refractivity contribution < 1.29 is 14.5 Å². The van der Waals surface area contributed by atoms with E-state index >= 15 is 0 Å². The van der Waals surface area contributed by atoms with Gasteiger partial charge in [-0.25, -0.2) is 4.79 Å². The van der Waals surface area contributed by atoms with Crippen LogP contribution in [-0.2, 0) is 15.1 Å². The fourth-order valence-electron chi connectivity index (χ4n) is 1.34. The highest BCUT2D eigenvalue weighted by atomic mass is 16.6. The lowest BCUT2D eigenvalue weighted by Gasteiger charge is -2.22. The zero-order chi connectivity index (χ0) is 13.1. The van der Waals surface area contributed by atoms with Gasteiger partial charge in [0.15, 0.2) is 0 Å². The molecule has 6 heteroatoms. The van der Waals surface area contributed by atoms with Crippen molar-refractivity contribution in [1.82, 2.24) is 0 Å². The zero-order valence-electron chi connectivity index (χ0n) is 9.67. The number of rotatable bonds is 4. The van der Waals surface area contributed by atoms with Crippen LogP contribution in [0.5, 0.6) is 0 Å². The molecular weight excluding hydrogens is 224 g/mol. The van der Waals surface area contributed by atoms with Gasteiger partial charge in [0.1, 0.15) is 5.54 Å². The maximum atomic E-state index is 11.6. The minimum absolute atomic E-state index is 0.108. The fourth-order valence-corrected chi connectivity index (χ4v) is 1.34. The first-order chi connectivity index (χ1) is 7.89. The van der Waals surface area contributed by atoms with Crippen LogP contribution >= 0.6 is 0 Å². The fraction of sp³-hybridized carbons (Fsp3) is 0.364. The summed E-state index contributed by atoms with van der Waals surface area (Å²) in [5.41, 5.74) is 4.70. The SMILES string of the molecule is CCOC(=O)C(C)(N)c1cccc([N+](=O)[O-])c1. The molecule has 0 spiro atoms. The van der Waals surface area contributed by atoms with Crippen molar-refractivity contribution in [1.29, 1.82) is 0 Å². The van der Waals surface area contributed by atoms with Crippen molar-refractivity contribution >= 4 is 11.7 Å². The number of nitrogens with two attached hydrogens (primary N) is 1. The molecule has 0 aliphatic carbocycles. The van der Waals surface area contributed by atoms with Crippen LogP contribution in [0, 0.1) is 10.1 Å². The summed E-state index contributed by atoms with van der Waals surface area (Å²) in [6, 6.07) is 5.66. The van der Waals surface area contributed by atoms with E-state index in [-0.39, 0.29) is 12.3 Å². The summed E-state index contributed by atoms with van der Waals surface area (Å²) in [5, 5.41) is 10.6. The van der Waals surface area contributed by atoms with Crippen LogP contribution < -0.4 is 5.73 Å². The first kappa shape index (κ1) is 13.1. The van der Waals surface area contributed by atoms with Gasteiger partial charge in [0.25, 0.3) is 5.69 Å². The van der Waals surface area contributed by atoms with E-state index in [0.29, 0.717) is 5.56 Å². The van der Waals surface area contributed by atoms with E-state index in [9.17, 15) is 14.9 Å². The topological polar surface area (TPSA) is 95.5 Å². The molecule has 1 aromatic rings. The van der Waals surface area contributed by atoms with Crippen LogP contribution in [0.15, 0.2) is 24.3 Å². The molecule has 92 valence electrons. The Morgan fingerprint density at radius 3 is 2.76 bits per heavy atom. The molecule has 0 bridgehead atoms. The van der Waals surface area contributed by atoms with Crippen LogP contribution in [0.4, 0.5) is 5.69 Å². The molecule has 1 rings (SSSR count). The Kier molecular flexibility index (Phi) is 3.80. The number of nitro benzene ring substituents is 1. The van der Waals surface area contributed by atoms with Crippen LogP contribution in [0.2, 0.25) is 0 Å². The third-order valence-corrected chi connectivity index (χ3v) is 2.36. The number of benzene rings is 1. The van der Waals surface area contributed by atoms with Gasteiger partial charge in [-0.3, -0.25) is 10.1 Å².